The molecule has 0 radical (unpaired) electrons. The molecule has 0 spiro atoms. The number of hydrogen-bond acceptors (Lipinski definition) is 7. The van der Waals surface area contributed by atoms with Crippen LogP contribution in [0, 0.1) is 5.82 Å². The normalized spacial score (nSPS) is 16.0. The quantitative estimate of drug-likeness (QED) is 0.459. The molecule has 5 rings (SSSR count). The van der Waals surface area contributed by atoms with Crippen molar-refractivity contribution in [1.29, 1.82) is 0 Å². The Morgan fingerprint density at radius 2 is 1.87 bits per heavy atom. The summed E-state index contributed by atoms with van der Waals surface area (Å²) >= 11 is 2.99. The average molecular weight is 441 g/mol. The maximum absolute atomic E-state index is 14.8. The van der Waals surface area contributed by atoms with E-state index in [-0.39, 0.29) is 5.82 Å². The maximum atomic E-state index is 14.8. The number of anilines is 1. The minimum atomic E-state index is -0.891. The molecule has 0 amide bonds. The molecule has 4 heterocycles. The summed E-state index contributed by atoms with van der Waals surface area (Å²) in [5.41, 5.74) is 2.36. The smallest absolute Gasteiger partial charge is 0.132 e. The number of benzene rings is 1. The molecule has 1 unspecified atom stereocenters. The second kappa shape index (κ2) is 8.37. The van der Waals surface area contributed by atoms with Gasteiger partial charge in [-0.05, 0) is 36.6 Å². The topological polar surface area (TPSA) is 62.1 Å². The van der Waals surface area contributed by atoms with Crippen molar-refractivity contribution < 1.29 is 9.50 Å². The van der Waals surface area contributed by atoms with Crippen molar-refractivity contribution in [2.24, 2.45) is 0 Å². The van der Waals surface area contributed by atoms with E-state index in [1.807, 2.05) is 5.38 Å². The highest BCUT2D eigenvalue weighted by atomic mass is 32.1. The summed E-state index contributed by atoms with van der Waals surface area (Å²) in [6, 6.07) is 6.75. The Labute approximate surface area is 181 Å². The van der Waals surface area contributed by atoms with E-state index in [1.54, 1.807) is 29.7 Å². The zero-order chi connectivity index (χ0) is 20.5. The fraction of sp³-hybridized carbons (Fsp3) is 0.318. The van der Waals surface area contributed by atoms with Crippen LogP contribution in [0.1, 0.15) is 42.4 Å². The van der Waals surface area contributed by atoms with Crippen LogP contribution in [0.15, 0.2) is 42.2 Å². The molecule has 0 bridgehead atoms. The van der Waals surface area contributed by atoms with Gasteiger partial charge in [0.15, 0.2) is 0 Å². The van der Waals surface area contributed by atoms with E-state index in [0.717, 1.165) is 28.3 Å². The molecule has 4 aromatic rings. The highest BCUT2D eigenvalue weighted by Crippen LogP contribution is 2.39. The molecule has 5 nitrogen and oxygen atoms in total. The molecule has 154 valence electrons. The second-order valence-corrected chi connectivity index (χ2v) is 9.39. The number of nitrogens with zero attached hydrogens (tertiary/aromatic N) is 4. The van der Waals surface area contributed by atoms with Crippen molar-refractivity contribution in [3.8, 4) is 11.3 Å². The monoisotopic (exact) mass is 440 g/mol. The van der Waals surface area contributed by atoms with Crippen LogP contribution in [0.25, 0.3) is 21.5 Å². The van der Waals surface area contributed by atoms with Crippen LogP contribution >= 0.6 is 22.7 Å². The highest BCUT2D eigenvalue weighted by Gasteiger charge is 2.20. The molecule has 8 heteroatoms. The number of aliphatic hydroxyl groups is 1. The molecule has 1 atom stereocenters. The number of fused-ring (bicyclic) bond motifs is 1. The lowest BCUT2D eigenvalue weighted by Crippen LogP contribution is -2.22. The standard InChI is InChI=1S/C22H21FN4OS2/c23-16-6-5-14(20(28)22-24-7-10-29-22)11-15(16)19-21-17(25-13-26-19)12-18(30-21)27-8-3-1-2-4-9-27/h5-7,10-13,20,28H,1-4,8-9H2. The fourth-order valence-electron chi connectivity index (χ4n) is 3.89. The van der Waals surface area contributed by atoms with Crippen LogP contribution in [0.3, 0.4) is 0 Å². The van der Waals surface area contributed by atoms with E-state index in [0.29, 0.717) is 21.8 Å². The molecule has 1 saturated heterocycles. The Morgan fingerprint density at radius 1 is 1.03 bits per heavy atom. The summed E-state index contributed by atoms with van der Waals surface area (Å²) in [5, 5.41) is 14.2. The van der Waals surface area contributed by atoms with Gasteiger partial charge in [0.1, 0.15) is 23.3 Å². The number of rotatable bonds is 4. The van der Waals surface area contributed by atoms with E-state index < -0.39 is 6.10 Å². The molecule has 3 aromatic heterocycles. The van der Waals surface area contributed by atoms with Gasteiger partial charge in [-0.25, -0.2) is 19.3 Å². The zero-order valence-electron chi connectivity index (χ0n) is 16.3. The molecular formula is C22H21FN4OS2. The first kappa shape index (κ1) is 19.5. The first-order valence-electron chi connectivity index (χ1n) is 10.1. The molecule has 1 N–H and O–H groups in total. The van der Waals surface area contributed by atoms with Gasteiger partial charge < -0.3 is 10.0 Å². The van der Waals surface area contributed by atoms with Crippen LogP contribution in [-0.4, -0.2) is 33.1 Å². The summed E-state index contributed by atoms with van der Waals surface area (Å²) in [6.07, 6.45) is 7.17. The third-order valence-electron chi connectivity index (χ3n) is 5.46. The average Bonchev–Trinajstić information content (AvgIpc) is 3.38. The number of thiazole rings is 1. The van der Waals surface area contributed by atoms with Crippen molar-refractivity contribution in [2.45, 2.75) is 31.8 Å². The fourth-order valence-corrected chi connectivity index (χ4v) is 5.70. The SMILES string of the molecule is OC(c1ccc(F)c(-c2ncnc3cc(N4CCCCCC4)sc23)c1)c1nccs1. The van der Waals surface area contributed by atoms with Gasteiger partial charge in [0, 0.05) is 30.2 Å². The number of thiophene rings is 1. The summed E-state index contributed by atoms with van der Waals surface area (Å²) in [4.78, 5) is 15.4. The van der Waals surface area contributed by atoms with Gasteiger partial charge >= 0.3 is 0 Å². The Bertz CT molecular complexity index is 1150. The molecule has 0 saturated carbocycles. The van der Waals surface area contributed by atoms with Crippen LogP contribution in [-0.2, 0) is 0 Å². The minimum Gasteiger partial charge on any atom is -0.381 e. The van der Waals surface area contributed by atoms with E-state index >= 15 is 0 Å². The summed E-state index contributed by atoms with van der Waals surface area (Å²) in [7, 11) is 0. The third-order valence-corrected chi connectivity index (χ3v) is 7.48. The Kier molecular flexibility index (Phi) is 5.45. The largest absolute Gasteiger partial charge is 0.381 e. The van der Waals surface area contributed by atoms with Crippen molar-refractivity contribution in [1.82, 2.24) is 15.0 Å². The van der Waals surface area contributed by atoms with Crippen LogP contribution in [0.5, 0.6) is 0 Å². The highest BCUT2D eigenvalue weighted by molar-refractivity contribution is 7.23. The van der Waals surface area contributed by atoms with E-state index in [4.69, 9.17) is 0 Å². The number of hydrogen-bond donors (Lipinski definition) is 1. The molecule has 1 aliphatic rings. The van der Waals surface area contributed by atoms with Crippen molar-refractivity contribution in [3.63, 3.8) is 0 Å². The third kappa shape index (κ3) is 3.71. The van der Waals surface area contributed by atoms with Crippen LogP contribution < -0.4 is 4.90 Å². The number of aromatic nitrogens is 3. The predicted octanol–water partition coefficient (Wildman–Crippen LogP) is 5.42. The van der Waals surface area contributed by atoms with Gasteiger partial charge in [0.25, 0.3) is 0 Å². The number of aliphatic hydroxyl groups excluding tert-OH is 1. The molecular weight excluding hydrogens is 419 g/mol. The minimum absolute atomic E-state index is 0.366. The molecule has 30 heavy (non-hydrogen) atoms. The summed E-state index contributed by atoms with van der Waals surface area (Å²) in [6.45, 7) is 2.08. The Hall–Kier alpha value is -2.42. The summed E-state index contributed by atoms with van der Waals surface area (Å²) in [5.74, 6) is -0.366. The van der Waals surface area contributed by atoms with Crippen molar-refractivity contribution in [3.05, 3.63) is 58.6 Å². The predicted molar refractivity (Wildman–Crippen MR) is 120 cm³/mol. The first-order chi connectivity index (χ1) is 14.7. The zero-order valence-corrected chi connectivity index (χ0v) is 17.9. The lowest BCUT2D eigenvalue weighted by Gasteiger charge is -2.19. The van der Waals surface area contributed by atoms with E-state index in [9.17, 15) is 9.50 Å². The molecule has 1 aliphatic heterocycles. The molecule has 1 aromatic carbocycles. The lowest BCUT2D eigenvalue weighted by atomic mass is 10.0. The van der Waals surface area contributed by atoms with Gasteiger partial charge in [-0.3, -0.25) is 0 Å². The summed E-state index contributed by atoms with van der Waals surface area (Å²) < 4.78 is 15.7. The first-order valence-corrected chi connectivity index (χ1v) is 11.8. The van der Waals surface area contributed by atoms with Gasteiger partial charge in [0.05, 0.1) is 20.9 Å². The van der Waals surface area contributed by atoms with Crippen molar-refractivity contribution >= 4 is 37.9 Å². The second-order valence-electron chi connectivity index (χ2n) is 7.43. The van der Waals surface area contributed by atoms with E-state index in [2.05, 4.69) is 25.9 Å². The van der Waals surface area contributed by atoms with Crippen LogP contribution in [0.2, 0.25) is 0 Å². The van der Waals surface area contributed by atoms with Gasteiger partial charge in [-0.1, -0.05) is 18.9 Å². The number of halogens is 1. The maximum Gasteiger partial charge on any atom is 0.132 e. The molecule has 1 fully saturated rings. The van der Waals surface area contributed by atoms with E-state index in [1.165, 1.54) is 49.4 Å². The van der Waals surface area contributed by atoms with Gasteiger partial charge in [-0.15, -0.1) is 22.7 Å². The lowest BCUT2D eigenvalue weighted by molar-refractivity contribution is 0.219. The Morgan fingerprint density at radius 3 is 2.63 bits per heavy atom. The molecule has 0 aliphatic carbocycles. The van der Waals surface area contributed by atoms with Crippen molar-refractivity contribution in [2.75, 3.05) is 18.0 Å². The Balaban J connectivity index is 1.56. The van der Waals surface area contributed by atoms with Crippen LogP contribution in [0.4, 0.5) is 9.39 Å². The van der Waals surface area contributed by atoms with Gasteiger partial charge in [-0.2, -0.15) is 0 Å². The van der Waals surface area contributed by atoms with Gasteiger partial charge in [0.2, 0.25) is 0 Å².